The van der Waals surface area contributed by atoms with Crippen LogP contribution in [0.2, 0.25) is 0 Å². The number of piperidine rings is 1. The molecule has 1 amide bonds. The van der Waals surface area contributed by atoms with Gasteiger partial charge >= 0.3 is 0 Å². The predicted molar refractivity (Wildman–Crippen MR) is 93.5 cm³/mol. The summed E-state index contributed by atoms with van der Waals surface area (Å²) < 4.78 is 15.3. The van der Waals surface area contributed by atoms with E-state index in [2.05, 4.69) is 9.55 Å². The minimum Gasteiger partial charge on any atom is -0.342 e. The number of carbonyl (C=O) groups is 1. The molecule has 4 nitrogen and oxygen atoms in total. The third-order valence-corrected chi connectivity index (χ3v) is 5.75. The van der Waals surface area contributed by atoms with Gasteiger partial charge in [0.05, 0.1) is 5.41 Å². The fourth-order valence-corrected chi connectivity index (χ4v) is 4.09. The molecule has 1 aliphatic carbocycles. The number of aryl methyl sites for hydroxylation is 1. The molecule has 1 aliphatic heterocycles. The van der Waals surface area contributed by atoms with Crippen LogP contribution in [0, 0.1) is 11.7 Å². The summed E-state index contributed by atoms with van der Waals surface area (Å²) in [5.74, 6) is 1.52. The molecule has 2 aromatic rings. The van der Waals surface area contributed by atoms with Crippen LogP contribution in [-0.2, 0) is 23.7 Å². The van der Waals surface area contributed by atoms with Crippen LogP contribution in [0.1, 0.15) is 37.1 Å². The summed E-state index contributed by atoms with van der Waals surface area (Å²) in [6, 6.07) is 6.47. The van der Waals surface area contributed by atoms with Crippen LogP contribution in [0.25, 0.3) is 0 Å². The van der Waals surface area contributed by atoms with Crippen LogP contribution >= 0.6 is 0 Å². The van der Waals surface area contributed by atoms with Crippen molar-refractivity contribution in [2.24, 2.45) is 13.0 Å². The van der Waals surface area contributed by atoms with E-state index in [0.717, 1.165) is 56.6 Å². The topological polar surface area (TPSA) is 38.1 Å². The summed E-state index contributed by atoms with van der Waals surface area (Å²) in [7, 11) is 2.02. The van der Waals surface area contributed by atoms with Gasteiger partial charge in [-0.2, -0.15) is 0 Å². The number of carbonyl (C=O) groups excluding carboxylic acids is 1. The normalized spacial score (nSPS) is 22.0. The van der Waals surface area contributed by atoms with Crippen LogP contribution in [0.5, 0.6) is 0 Å². The van der Waals surface area contributed by atoms with E-state index in [1.165, 1.54) is 12.1 Å². The summed E-state index contributed by atoms with van der Waals surface area (Å²) in [5.41, 5.74) is 0.559. The number of halogens is 1. The number of hydrogen-bond acceptors (Lipinski definition) is 2. The Morgan fingerprint density at radius 2 is 2.08 bits per heavy atom. The van der Waals surface area contributed by atoms with E-state index >= 15 is 0 Å². The Morgan fingerprint density at radius 3 is 2.72 bits per heavy atom. The number of imidazole rings is 1. The molecule has 5 heteroatoms. The third kappa shape index (κ3) is 3.08. The first-order chi connectivity index (χ1) is 12.1. The Morgan fingerprint density at radius 1 is 1.32 bits per heavy atom. The first-order valence-corrected chi connectivity index (χ1v) is 9.10. The fraction of sp³-hybridized carbons (Fsp3) is 0.500. The number of rotatable bonds is 4. The Hall–Kier alpha value is -2.17. The molecule has 0 N–H and O–H groups in total. The molecule has 1 aromatic carbocycles. The molecule has 25 heavy (non-hydrogen) atoms. The van der Waals surface area contributed by atoms with E-state index in [-0.39, 0.29) is 11.7 Å². The Bertz CT molecular complexity index is 764. The van der Waals surface area contributed by atoms with Gasteiger partial charge in [0, 0.05) is 39.0 Å². The van der Waals surface area contributed by atoms with Crippen molar-refractivity contribution >= 4 is 5.91 Å². The zero-order chi connectivity index (χ0) is 17.4. The van der Waals surface area contributed by atoms with Crippen molar-refractivity contribution in [3.05, 3.63) is 53.9 Å². The van der Waals surface area contributed by atoms with Crippen LogP contribution in [-0.4, -0.2) is 33.4 Å². The average Bonchev–Trinajstić information content (AvgIpc) is 3.34. The van der Waals surface area contributed by atoms with Gasteiger partial charge in [-0.3, -0.25) is 4.79 Å². The number of aromatic nitrogens is 2. The van der Waals surface area contributed by atoms with Crippen molar-refractivity contribution in [3.8, 4) is 0 Å². The van der Waals surface area contributed by atoms with Crippen LogP contribution in [0.15, 0.2) is 36.7 Å². The van der Waals surface area contributed by atoms with E-state index < -0.39 is 5.41 Å². The van der Waals surface area contributed by atoms with E-state index in [0.29, 0.717) is 5.92 Å². The minimum atomic E-state index is -0.404. The van der Waals surface area contributed by atoms with Gasteiger partial charge < -0.3 is 9.47 Å². The molecule has 0 unspecified atom stereocenters. The van der Waals surface area contributed by atoms with Crippen molar-refractivity contribution < 1.29 is 9.18 Å². The summed E-state index contributed by atoms with van der Waals surface area (Å²) in [6.45, 7) is 1.63. The lowest BCUT2D eigenvalue weighted by atomic mass is 9.90. The molecule has 0 spiro atoms. The molecular weight excluding hydrogens is 317 g/mol. The van der Waals surface area contributed by atoms with Gasteiger partial charge in [-0.15, -0.1) is 0 Å². The van der Waals surface area contributed by atoms with Crippen molar-refractivity contribution in [2.45, 2.75) is 37.5 Å². The quantitative estimate of drug-likeness (QED) is 0.857. The second kappa shape index (κ2) is 6.28. The van der Waals surface area contributed by atoms with Crippen LogP contribution in [0.3, 0.4) is 0 Å². The highest BCUT2D eigenvalue weighted by molar-refractivity contribution is 5.91. The SMILES string of the molecule is Cn1ccnc1C[C@H]1CCCN(C(=O)C2(c3ccc(F)cc3)CC2)C1. The first kappa shape index (κ1) is 16.3. The maximum atomic E-state index is 13.2. The van der Waals surface area contributed by atoms with Crippen molar-refractivity contribution in [2.75, 3.05) is 13.1 Å². The van der Waals surface area contributed by atoms with Crippen LogP contribution < -0.4 is 0 Å². The monoisotopic (exact) mass is 341 g/mol. The lowest BCUT2D eigenvalue weighted by Gasteiger charge is -2.35. The van der Waals surface area contributed by atoms with Crippen molar-refractivity contribution in [1.82, 2.24) is 14.5 Å². The lowest BCUT2D eigenvalue weighted by Crippen LogP contribution is -2.45. The standard InChI is InChI=1S/C20H24FN3O/c1-23-12-10-22-18(23)13-15-3-2-11-24(14-15)19(25)20(8-9-20)16-4-6-17(21)7-5-16/h4-7,10,12,15H,2-3,8-9,11,13-14H2,1H3/t15-/m1/s1. The highest BCUT2D eigenvalue weighted by atomic mass is 19.1. The van der Waals surface area contributed by atoms with Gasteiger partial charge in [0.1, 0.15) is 11.6 Å². The average molecular weight is 341 g/mol. The first-order valence-electron chi connectivity index (χ1n) is 9.10. The number of amides is 1. The molecule has 0 radical (unpaired) electrons. The second-order valence-corrected chi connectivity index (χ2v) is 7.51. The molecule has 2 fully saturated rings. The van der Waals surface area contributed by atoms with Gasteiger partial charge in [0.15, 0.2) is 0 Å². The predicted octanol–water partition coefficient (Wildman–Crippen LogP) is 3.07. The molecule has 1 saturated heterocycles. The smallest absolute Gasteiger partial charge is 0.233 e. The molecule has 132 valence electrons. The Kier molecular flexibility index (Phi) is 4.10. The Balaban J connectivity index is 1.46. The summed E-state index contributed by atoms with van der Waals surface area (Å²) in [5, 5.41) is 0. The molecular formula is C20H24FN3O. The molecule has 1 atom stereocenters. The summed E-state index contributed by atoms with van der Waals surface area (Å²) in [6.07, 6.45) is 8.64. The fourth-order valence-electron chi connectivity index (χ4n) is 4.09. The lowest BCUT2D eigenvalue weighted by molar-refractivity contribution is -0.135. The zero-order valence-corrected chi connectivity index (χ0v) is 14.6. The molecule has 1 aromatic heterocycles. The zero-order valence-electron chi connectivity index (χ0n) is 14.6. The van der Waals surface area contributed by atoms with Gasteiger partial charge in [-0.1, -0.05) is 12.1 Å². The molecule has 2 aliphatic rings. The molecule has 0 bridgehead atoms. The Labute approximate surface area is 147 Å². The maximum absolute atomic E-state index is 13.2. The van der Waals surface area contributed by atoms with Gasteiger partial charge in [-0.25, -0.2) is 9.37 Å². The van der Waals surface area contributed by atoms with Gasteiger partial charge in [0.2, 0.25) is 5.91 Å². The number of hydrogen-bond donors (Lipinski definition) is 0. The van der Waals surface area contributed by atoms with E-state index in [4.69, 9.17) is 0 Å². The molecule has 4 rings (SSSR count). The van der Waals surface area contributed by atoms with Gasteiger partial charge in [0.25, 0.3) is 0 Å². The largest absolute Gasteiger partial charge is 0.342 e. The van der Waals surface area contributed by atoms with E-state index in [1.807, 2.05) is 24.3 Å². The van der Waals surface area contributed by atoms with Crippen molar-refractivity contribution in [3.63, 3.8) is 0 Å². The highest BCUT2D eigenvalue weighted by Gasteiger charge is 2.53. The third-order valence-electron chi connectivity index (χ3n) is 5.75. The number of nitrogens with zero attached hydrogens (tertiary/aromatic N) is 3. The number of likely N-dealkylation sites (tertiary alicyclic amines) is 1. The summed E-state index contributed by atoms with van der Waals surface area (Å²) in [4.78, 5) is 19.6. The van der Waals surface area contributed by atoms with E-state index in [9.17, 15) is 9.18 Å². The van der Waals surface area contributed by atoms with Gasteiger partial charge in [-0.05, 0) is 49.3 Å². The second-order valence-electron chi connectivity index (χ2n) is 7.51. The maximum Gasteiger partial charge on any atom is 0.233 e. The highest BCUT2D eigenvalue weighted by Crippen LogP contribution is 2.50. The minimum absolute atomic E-state index is 0.226. The van der Waals surface area contributed by atoms with Crippen molar-refractivity contribution in [1.29, 1.82) is 0 Å². The molecule has 2 heterocycles. The number of benzene rings is 1. The summed E-state index contributed by atoms with van der Waals surface area (Å²) >= 11 is 0. The van der Waals surface area contributed by atoms with E-state index in [1.54, 1.807) is 12.1 Å². The van der Waals surface area contributed by atoms with Crippen LogP contribution in [0.4, 0.5) is 4.39 Å². The molecule has 1 saturated carbocycles.